The zero-order valence-electron chi connectivity index (χ0n) is 49.6. The van der Waals surface area contributed by atoms with Crippen molar-refractivity contribution >= 4 is 5.97 Å². The van der Waals surface area contributed by atoms with Crippen LogP contribution in [0.3, 0.4) is 0 Å². The summed E-state index contributed by atoms with van der Waals surface area (Å²) in [6.07, 6.45) is -36.6. The number of esters is 1. The predicted molar refractivity (Wildman–Crippen MR) is 286 cm³/mol. The Labute approximate surface area is 498 Å². The number of aliphatic hydroxyl groups excluding tert-OH is 17. The van der Waals surface area contributed by atoms with E-state index in [9.17, 15) is 86.8 Å². The van der Waals surface area contributed by atoms with Gasteiger partial charge in [0.15, 0.2) is 31.3 Å². The molecule has 10 aliphatic rings. The van der Waals surface area contributed by atoms with E-state index in [2.05, 4.69) is 40.7 Å². The first kappa shape index (κ1) is 67.1. The Hall–Kier alpha value is -1.83. The van der Waals surface area contributed by atoms with Crippen LogP contribution < -0.4 is 0 Å². The van der Waals surface area contributed by atoms with E-state index in [-0.39, 0.29) is 36.5 Å². The fourth-order valence-electron chi connectivity index (χ4n) is 17.5. The minimum Gasteiger partial charge on any atom is -0.432 e. The highest BCUT2D eigenvalue weighted by Gasteiger charge is 2.73. The van der Waals surface area contributed by atoms with E-state index >= 15 is 4.79 Å². The van der Waals surface area contributed by atoms with Crippen molar-refractivity contribution in [3.63, 3.8) is 0 Å². The molecular weight excluding hydrogens is 1140 g/mol. The maximum absolute atomic E-state index is 15.4. The van der Waals surface area contributed by atoms with Crippen molar-refractivity contribution in [3.8, 4) is 0 Å². The van der Waals surface area contributed by atoms with Gasteiger partial charge in [-0.15, -0.1) is 0 Å². The summed E-state index contributed by atoms with van der Waals surface area (Å²) in [6.45, 7) is 11.1. The SMILES string of the molecule is C[C@@H]1O[C@@H](O[C@H]2[C@H](OC(=O)[C@]34CCC(C)(C)C[C@H]3C3=CC[C@@H]5[C@@]6(C)C[C@H](O)[C@H](O[C@@H]7O[C@H](CO[C@@H]8O[C@H](CO)[C@@H](O)[C@H](O)[C@H]8O)[C@@H](O)[C@H](O)[C@H]7O)[C@@](C)(CO)[C@@H]6CC[C@@]5(C)[C@]3(C)C[C@H]4O)OC[C@H](O)[C@@H]2O)[C@H](O)[C@H](O)[C@H]1O[C@@H]1OC[C@@H](O)[C@H](O)[C@H]1O. The quantitative estimate of drug-likeness (QED) is 0.0466. The molecule has 10 rings (SSSR count). The second-order valence-corrected chi connectivity index (χ2v) is 28.3. The van der Waals surface area contributed by atoms with Crippen LogP contribution in [0.2, 0.25) is 0 Å². The standard InChI is InChI=1S/C58H94O28/c1-22-44(83-48-40(72)33(65)26(62)18-77-48)39(71)43(75)49(80-22)84-45-34(66)27(63)19-78-51(45)86-52(76)58-13-12-53(2,3)14-24(58)23-8-9-31-54(4)15-25(61)46(55(5,21-60)30(54)10-11-56(31,6)57(23,7)16-32(58)64)85-50-42(74)38(70)36(68)29(82-50)20-79-47-41(73)37(69)35(67)28(17-59)81-47/h8,22,24-51,59-75H,9-21H2,1-7H3/t22-,24-,25-,26+,27-,28+,29+,30+,31+,32+,33-,34-,35+,36+,37-,38-,39-,40+,41+,42+,43+,44-,45+,46-,47+,48-,49-,50-,51-,54-,55-,56+,57+,58+/m0/s1. The molecule has 5 aliphatic carbocycles. The number of carbonyl (C=O) groups is 1. The third-order valence-electron chi connectivity index (χ3n) is 22.8. The summed E-state index contributed by atoms with van der Waals surface area (Å²) in [5, 5.41) is 187. The molecule has 0 bridgehead atoms. The van der Waals surface area contributed by atoms with Gasteiger partial charge in [-0.1, -0.05) is 53.2 Å². The van der Waals surface area contributed by atoms with Crippen LogP contribution in [-0.4, -0.2) is 285 Å². The average Bonchev–Trinajstić information content (AvgIpc) is 0.690. The summed E-state index contributed by atoms with van der Waals surface area (Å²) in [5.41, 5.74) is -4.25. The van der Waals surface area contributed by atoms with Gasteiger partial charge in [-0.2, -0.15) is 0 Å². The molecular formula is C58H94O28. The molecule has 17 N–H and O–H groups in total. The first-order valence-electron chi connectivity index (χ1n) is 30.4. The molecule has 5 aliphatic heterocycles. The third-order valence-corrected chi connectivity index (χ3v) is 22.8. The highest BCUT2D eigenvalue weighted by molar-refractivity contribution is 5.80. The van der Waals surface area contributed by atoms with Gasteiger partial charge in [0.25, 0.3) is 0 Å². The topological polar surface area (TPSA) is 453 Å². The van der Waals surface area contributed by atoms with Gasteiger partial charge in [0.2, 0.25) is 6.29 Å². The molecule has 0 aromatic rings. The molecule has 0 spiro atoms. The summed E-state index contributed by atoms with van der Waals surface area (Å²) in [7, 11) is 0. The van der Waals surface area contributed by atoms with Crippen molar-refractivity contribution in [1.82, 2.24) is 0 Å². The molecule has 494 valence electrons. The Morgan fingerprint density at radius 3 is 1.81 bits per heavy atom. The summed E-state index contributed by atoms with van der Waals surface area (Å²) >= 11 is 0. The lowest BCUT2D eigenvalue weighted by atomic mass is 9.33. The van der Waals surface area contributed by atoms with Crippen LogP contribution in [-0.2, 0) is 52.2 Å². The summed E-state index contributed by atoms with van der Waals surface area (Å²) in [6, 6.07) is 0. The molecule has 0 aromatic carbocycles. The average molecular weight is 1240 g/mol. The first-order chi connectivity index (χ1) is 40.2. The number of ether oxygens (including phenoxy) is 10. The fourth-order valence-corrected chi connectivity index (χ4v) is 17.5. The number of allylic oxidation sites excluding steroid dienone is 2. The van der Waals surface area contributed by atoms with Crippen molar-refractivity contribution in [1.29, 1.82) is 0 Å². The zero-order chi connectivity index (χ0) is 62.9. The molecule has 34 atom stereocenters. The lowest BCUT2D eigenvalue weighted by Gasteiger charge is -2.72. The van der Waals surface area contributed by atoms with E-state index < -0.39 is 232 Å². The van der Waals surface area contributed by atoms with Gasteiger partial charge in [0.05, 0.1) is 57.5 Å². The van der Waals surface area contributed by atoms with Crippen LogP contribution in [0.15, 0.2) is 11.6 Å². The lowest BCUT2D eigenvalue weighted by Crippen LogP contribution is -2.70. The number of fused-ring (bicyclic) bond motifs is 7. The van der Waals surface area contributed by atoms with E-state index in [1.165, 1.54) is 6.92 Å². The molecule has 0 radical (unpaired) electrons. The van der Waals surface area contributed by atoms with Crippen molar-refractivity contribution < 1.29 is 139 Å². The van der Waals surface area contributed by atoms with Gasteiger partial charge in [0, 0.05) is 5.41 Å². The molecule has 0 amide bonds. The second-order valence-electron chi connectivity index (χ2n) is 28.3. The maximum Gasteiger partial charge on any atom is 0.317 e. The first-order valence-corrected chi connectivity index (χ1v) is 30.4. The van der Waals surface area contributed by atoms with Crippen molar-refractivity contribution in [2.24, 2.45) is 50.2 Å². The number of hydrogen-bond donors (Lipinski definition) is 17. The maximum atomic E-state index is 15.4. The molecule has 9 fully saturated rings. The highest BCUT2D eigenvalue weighted by Crippen LogP contribution is 2.76. The number of rotatable bonds is 13. The molecule has 5 saturated heterocycles. The number of hydrogen-bond acceptors (Lipinski definition) is 28. The van der Waals surface area contributed by atoms with Gasteiger partial charge in [-0.05, 0) is 97.7 Å². The molecule has 5 heterocycles. The van der Waals surface area contributed by atoms with Crippen molar-refractivity contribution in [2.45, 2.75) is 259 Å². The van der Waals surface area contributed by atoms with E-state index in [0.29, 0.717) is 32.1 Å². The van der Waals surface area contributed by atoms with Crippen molar-refractivity contribution in [3.05, 3.63) is 11.6 Å². The van der Waals surface area contributed by atoms with E-state index in [0.717, 1.165) is 5.57 Å². The Morgan fingerprint density at radius 2 is 1.15 bits per heavy atom. The monoisotopic (exact) mass is 1240 g/mol. The zero-order valence-corrected chi connectivity index (χ0v) is 49.6. The Bertz CT molecular complexity index is 2410. The Kier molecular flexibility index (Phi) is 19.2. The van der Waals surface area contributed by atoms with Gasteiger partial charge >= 0.3 is 5.97 Å². The lowest BCUT2D eigenvalue weighted by molar-refractivity contribution is -0.369. The second kappa shape index (κ2) is 24.6. The minimum atomic E-state index is -1.92. The smallest absolute Gasteiger partial charge is 0.317 e. The molecule has 0 aromatic heterocycles. The highest BCUT2D eigenvalue weighted by atomic mass is 16.8. The Morgan fingerprint density at radius 1 is 0.570 bits per heavy atom. The van der Waals surface area contributed by atoms with Crippen LogP contribution in [0.4, 0.5) is 0 Å². The van der Waals surface area contributed by atoms with E-state index in [4.69, 9.17) is 47.4 Å². The van der Waals surface area contributed by atoms with Gasteiger partial charge in [0.1, 0.15) is 103 Å². The van der Waals surface area contributed by atoms with Gasteiger partial charge in [-0.3, -0.25) is 4.79 Å². The van der Waals surface area contributed by atoms with Crippen molar-refractivity contribution in [2.75, 3.05) is 33.0 Å². The Balaban J connectivity index is 0.866. The van der Waals surface area contributed by atoms with E-state index in [1.807, 2.05) is 0 Å². The predicted octanol–water partition coefficient (Wildman–Crippen LogP) is -4.99. The molecule has 28 heteroatoms. The summed E-state index contributed by atoms with van der Waals surface area (Å²) in [5.74, 6) is -1.98. The fraction of sp³-hybridized carbons (Fsp3) is 0.948. The van der Waals surface area contributed by atoms with Gasteiger partial charge < -0.3 is 134 Å². The summed E-state index contributed by atoms with van der Waals surface area (Å²) < 4.78 is 58.7. The molecule has 4 saturated carbocycles. The van der Waals surface area contributed by atoms with E-state index in [1.54, 1.807) is 6.92 Å². The third kappa shape index (κ3) is 11.0. The summed E-state index contributed by atoms with van der Waals surface area (Å²) in [4.78, 5) is 15.4. The largest absolute Gasteiger partial charge is 0.432 e. The minimum absolute atomic E-state index is 0.104. The number of aliphatic hydroxyl groups is 17. The van der Waals surface area contributed by atoms with Crippen LogP contribution >= 0.6 is 0 Å². The van der Waals surface area contributed by atoms with Crippen LogP contribution in [0.5, 0.6) is 0 Å². The molecule has 28 nitrogen and oxygen atoms in total. The van der Waals surface area contributed by atoms with Crippen LogP contribution in [0.25, 0.3) is 0 Å². The number of carbonyl (C=O) groups excluding carboxylic acids is 1. The van der Waals surface area contributed by atoms with Crippen LogP contribution in [0, 0.1) is 50.2 Å². The van der Waals surface area contributed by atoms with Gasteiger partial charge in [-0.25, -0.2) is 0 Å². The normalized spacial score (nSPS) is 55.6. The molecule has 86 heavy (non-hydrogen) atoms. The molecule has 0 unspecified atom stereocenters. The van der Waals surface area contributed by atoms with Crippen LogP contribution in [0.1, 0.15) is 99.8 Å².